The third-order valence-corrected chi connectivity index (χ3v) is 7.02. The maximum Gasteiger partial charge on any atom is 0.410 e. The van der Waals surface area contributed by atoms with Gasteiger partial charge in [-0.25, -0.2) is 9.18 Å². The van der Waals surface area contributed by atoms with Crippen molar-refractivity contribution in [3.8, 4) is 11.1 Å². The second kappa shape index (κ2) is 7.59. The molecular weight excluding hydrogens is 403 g/mol. The second-order valence-electron chi connectivity index (χ2n) is 8.80. The van der Waals surface area contributed by atoms with E-state index < -0.39 is 0 Å². The summed E-state index contributed by atoms with van der Waals surface area (Å²) in [6, 6.07) is 18.3. The van der Waals surface area contributed by atoms with E-state index >= 15 is 0 Å². The van der Waals surface area contributed by atoms with Crippen LogP contribution in [0.1, 0.15) is 41.9 Å². The highest BCUT2D eigenvalue weighted by Gasteiger charge is 2.41. The van der Waals surface area contributed by atoms with Crippen LogP contribution in [0.15, 0.2) is 73.1 Å². The van der Waals surface area contributed by atoms with Crippen molar-refractivity contribution >= 4 is 11.7 Å². The minimum absolute atomic E-state index is 0.0114. The summed E-state index contributed by atoms with van der Waals surface area (Å²) in [6.45, 7) is 0.327. The molecule has 1 aliphatic carbocycles. The molecule has 3 heterocycles. The molecule has 160 valence electrons. The van der Waals surface area contributed by atoms with Gasteiger partial charge in [0.05, 0.1) is 12.2 Å². The highest BCUT2D eigenvalue weighted by Crippen LogP contribution is 2.45. The van der Waals surface area contributed by atoms with Crippen LogP contribution >= 0.6 is 0 Å². The number of benzene rings is 2. The third kappa shape index (κ3) is 3.11. The molecule has 0 spiro atoms. The van der Waals surface area contributed by atoms with Gasteiger partial charge in [0.2, 0.25) is 0 Å². The van der Waals surface area contributed by atoms with E-state index in [1.165, 1.54) is 34.5 Å². The minimum atomic E-state index is -0.338. The highest BCUT2D eigenvalue weighted by atomic mass is 19.1. The van der Waals surface area contributed by atoms with Crippen molar-refractivity contribution in [1.29, 1.82) is 0 Å². The van der Waals surface area contributed by atoms with E-state index in [0.29, 0.717) is 13.0 Å². The summed E-state index contributed by atoms with van der Waals surface area (Å²) in [4.78, 5) is 19.0. The van der Waals surface area contributed by atoms with Gasteiger partial charge in [0.1, 0.15) is 12.4 Å². The largest absolute Gasteiger partial charge is 0.448 e. The number of aromatic nitrogens is 1. The number of halogens is 1. The minimum Gasteiger partial charge on any atom is -0.448 e. The Morgan fingerprint density at radius 2 is 1.75 bits per heavy atom. The van der Waals surface area contributed by atoms with Crippen LogP contribution in [0.25, 0.3) is 16.7 Å². The van der Waals surface area contributed by atoms with Crippen molar-refractivity contribution in [3.63, 3.8) is 0 Å². The molecule has 3 aliphatic rings. The van der Waals surface area contributed by atoms with Crippen molar-refractivity contribution in [3.05, 3.63) is 95.6 Å². The average molecular weight is 426 g/mol. The van der Waals surface area contributed by atoms with Crippen LogP contribution in [-0.4, -0.2) is 34.7 Å². The highest BCUT2D eigenvalue weighted by molar-refractivity contribution is 5.79. The lowest BCUT2D eigenvalue weighted by Crippen LogP contribution is -2.43. The Bertz CT molecular complexity index is 1190. The lowest BCUT2D eigenvalue weighted by molar-refractivity contribution is 0.0866. The number of fused-ring (bicyclic) bond motifs is 5. The van der Waals surface area contributed by atoms with E-state index in [9.17, 15) is 9.18 Å². The molecule has 2 atom stereocenters. The van der Waals surface area contributed by atoms with Gasteiger partial charge >= 0.3 is 6.09 Å². The molecule has 4 nitrogen and oxygen atoms in total. The van der Waals surface area contributed by atoms with E-state index in [2.05, 4.69) is 35.3 Å². The standard InChI is InChI=1S/C27H23FN2O2/c28-19-11-18(14-29-15-19)17-12-20-9-10-21(13-17)30(20)27(31)32-16-26-24-7-3-1-5-22(24)23-6-2-4-8-25(23)26/h1-8,11-12,14-15,20-21,26H,9-10,13,16H2. The molecule has 1 saturated heterocycles. The Labute approximate surface area is 186 Å². The van der Waals surface area contributed by atoms with Crippen molar-refractivity contribution in [1.82, 2.24) is 9.88 Å². The maximum absolute atomic E-state index is 13.6. The molecule has 0 radical (unpaired) electrons. The van der Waals surface area contributed by atoms with Crippen molar-refractivity contribution in [2.24, 2.45) is 0 Å². The summed E-state index contributed by atoms with van der Waals surface area (Å²) >= 11 is 0. The fourth-order valence-electron chi connectivity index (χ4n) is 5.58. The van der Waals surface area contributed by atoms with Gasteiger partial charge in [0.15, 0.2) is 0 Å². The SMILES string of the molecule is O=C(OCC1c2ccccc2-c2ccccc21)N1C2C=C(c3cncc(F)c3)CC1CC2. The predicted octanol–water partition coefficient (Wildman–Crippen LogP) is 5.79. The Kier molecular flexibility index (Phi) is 4.56. The first kappa shape index (κ1) is 19.2. The predicted molar refractivity (Wildman–Crippen MR) is 121 cm³/mol. The van der Waals surface area contributed by atoms with Gasteiger partial charge in [-0.05, 0) is 58.7 Å². The van der Waals surface area contributed by atoms with Crippen molar-refractivity contribution in [2.75, 3.05) is 6.61 Å². The number of hydrogen-bond donors (Lipinski definition) is 0. The molecule has 5 heteroatoms. The van der Waals surface area contributed by atoms with Crippen LogP contribution in [0.2, 0.25) is 0 Å². The number of hydrogen-bond acceptors (Lipinski definition) is 3. The number of pyridine rings is 1. The van der Waals surface area contributed by atoms with E-state index in [0.717, 1.165) is 24.0 Å². The summed E-state index contributed by atoms with van der Waals surface area (Å²) in [7, 11) is 0. The van der Waals surface area contributed by atoms with Gasteiger partial charge in [-0.2, -0.15) is 0 Å². The second-order valence-corrected chi connectivity index (χ2v) is 8.80. The number of carbonyl (C=O) groups is 1. The molecule has 2 bridgehead atoms. The van der Waals surface area contributed by atoms with E-state index in [4.69, 9.17) is 4.74 Å². The molecule has 0 saturated carbocycles. The fourth-order valence-corrected chi connectivity index (χ4v) is 5.58. The monoisotopic (exact) mass is 426 g/mol. The number of carbonyl (C=O) groups excluding carboxylic acids is 1. The van der Waals surface area contributed by atoms with Crippen LogP contribution in [0.4, 0.5) is 9.18 Å². The number of nitrogens with zero attached hydrogens (tertiary/aromatic N) is 2. The number of amides is 1. The van der Waals surface area contributed by atoms with Crippen LogP contribution in [-0.2, 0) is 4.74 Å². The van der Waals surface area contributed by atoms with Crippen LogP contribution in [0.3, 0.4) is 0 Å². The fraction of sp³-hybridized carbons (Fsp3) is 0.259. The first-order valence-electron chi connectivity index (χ1n) is 11.1. The molecule has 2 aliphatic heterocycles. The van der Waals surface area contributed by atoms with Crippen LogP contribution < -0.4 is 0 Å². The molecule has 6 rings (SSSR count). The molecular formula is C27H23FN2O2. The molecule has 3 aromatic rings. The van der Waals surface area contributed by atoms with Gasteiger partial charge in [0.25, 0.3) is 0 Å². The Hall–Kier alpha value is -3.47. The van der Waals surface area contributed by atoms with Gasteiger partial charge in [-0.15, -0.1) is 0 Å². The molecule has 0 N–H and O–H groups in total. The van der Waals surface area contributed by atoms with Crippen molar-refractivity contribution < 1.29 is 13.9 Å². The Morgan fingerprint density at radius 1 is 1.03 bits per heavy atom. The normalized spacial score (nSPS) is 21.2. The number of rotatable bonds is 3. The molecule has 1 amide bonds. The topological polar surface area (TPSA) is 42.4 Å². The quantitative estimate of drug-likeness (QED) is 0.532. The zero-order valence-corrected chi connectivity index (χ0v) is 17.6. The third-order valence-electron chi connectivity index (χ3n) is 7.02. The number of ether oxygens (including phenoxy) is 1. The van der Waals surface area contributed by atoms with Crippen LogP contribution in [0, 0.1) is 5.82 Å². The lowest BCUT2D eigenvalue weighted by Gasteiger charge is -2.33. The average Bonchev–Trinajstić information content (AvgIpc) is 3.28. The smallest absolute Gasteiger partial charge is 0.410 e. The summed E-state index contributed by atoms with van der Waals surface area (Å²) in [6.07, 6.45) is 7.26. The molecule has 2 unspecified atom stereocenters. The maximum atomic E-state index is 13.6. The summed E-state index contributed by atoms with van der Waals surface area (Å²) < 4.78 is 19.5. The summed E-state index contributed by atoms with van der Waals surface area (Å²) in [5.41, 5.74) is 6.73. The van der Waals surface area contributed by atoms with E-state index in [1.807, 2.05) is 29.2 Å². The molecule has 32 heavy (non-hydrogen) atoms. The first-order valence-corrected chi connectivity index (χ1v) is 11.1. The van der Waals surface area contributed by atoms with Crippen LogP contribution in [0.5, 0.6) is 0 Å². The first-order chi connectivity index (χ1) is 15.7. The molecule has 1 fully saturated rings. The summed E-state index contributed by atoms with van der Waals surface area (Å²) in [5.74, 6) is -0.284. The Morgan fingerprint density at radius 3 is 2.44 bits per heavy atom. The van der Waals surface area contributed by atoms with Gasteiger partial charge < -0.3 is 4.74 Å². The lowest BCUT2D eigenvalue weighted by atomic mass is 9.96. The summed E-state index contributed by atoms with van der Waals surface area (Å²) in [5, 5.41) is 0. The van der Waals surface area contributed by atoms with Gasteiger partial charge in [-0.1, -0.05) is 54.6 Å². The zero-order chi connectivity index (χ0) is 21.7. The molecule has 1 aromatic heterocycles. The van der Waals surface area contributed by atoms with E-state index in [1.54, 1.807) is 6.20 Å². The molecule has 2 aromatic carbocycles. The van der Waals surface area contributed by atoms with E-state index in [-0.39, 0.29) is 29.9 Å². The zero-order valence-electron chi connectivity index (χ0n) is 17.6. The Balaban J connectivity index is 1.20. The van der Waals surface area contributed by atoms with Gasteiger partial charge in [0, 0.05) is 18.2 Å². The van der Waals surface area contributed by atoms with Gasteiger partial charge in [-0.3, -0.25) is 9.88 Å². The van der Waals surface area contributed by atoms with Crippen molar-refractivity contribution in [2.45, 2.75) is 37.3 Å².